The number of hydrogen-bond acceptors (Lipinski definition) is 6. The lowest BCUT2D eigenvalue weighted by Gasteiger charge is -2.17. The van der Waals surface area contributed by atoms with Crippen molar-refractivity contribution in [3.63, 3.8) is 0 Å². The normalized spacial score (nSPS) is 9.97. The molecule has 2 heterocycles. The maximum Gasteiger partial charge on any atom is 0.274 e. The quantitative estimate of drug-likeness (QED) is 0.520. The number of aromatic nitrogens is 3. The molecule has 162 valence electrons. The van der Waals surface area contributed by atoms with Crippen LogP contribution in [0.15, 0.2) is 42.6 Å². The second kappa shape index (κ2) is 11.2. The SMILES string of the molecule is CN.CN(CC=O)C(=O)c1c(NC=O)nc(-c2ncccc2Cl)n1-c1ccc(Cl)cc1. The summed E-state index contributed by atoms with van der Waals surface area (Å²) in [6.07, 6.45) is 2.55. The Morgan fingerprint density at radius 2 is 1.87 bits per heavy atom. The Balaban J connectivity index is 0.00000166. The van der Waals surface area contributed by atoms with Crippen LogP contribution in [0.1, 0.15) is 10.5 Å². The first-order valence-corrected chi connectivity index (χ1v) is 9.70. The largest absolute Gasteiger partial charge is 0.333 e. The zero-order chi connectivity index (χ0) is 23.0. The zero-order valence-corrected chi connectivity index (χ0v) is 18.3. The maximum absolute atomic E-state index is 13.1. The number of imidazole rings is 1. The number of rotatable bonds is 7. The third-order valence-electron chi connectivity index (χ3n) is 4.03. The minimum atomic E-state index is -0.526. The molecule has 0 spiro atoms. The van der Waals surface area contributed by atoms with Crippen LogP contribution in [0.5, 0.6) is 0 Å². The van der Waals surface area contributed by atoms with E-state index in [1.807, 2.05) is 0 Å². The van der Waals surface area contributed by atoms with Crippen LogP contribution in [-0.2, 0) is 9.59 Å². The van der Waals surface area contributed by atoms with Gasteiger partial charge in [0.2, 0.25) is 6.41 Å². The molecule has 9 nitrogen and oxygen atoms in total. The van der Waals surface area contributed by atoms with E-state index in [0.29, 0.717) is 34.1 Å². The molecule has 31 heavy (non-hydrogen) atoms. The van der Waals surface area contributed by atoms with Crippen LogP contribution in [0.25, 0.3) is 17.2 Å². The first-order valence-electron chi connectivity index (χ1n) is 8.94. The molecule has 0 saturated heterocycles. The van der Waals surface area contributed by atoms with E-state index < -0.39 is 5.91 Å². The number of aldehydes is 1. The minimum Gasteiger partial charge on any atom is -0.333 e. The van der Waals surface area contributed by atoms with E-state index in [1.165, 1.54) is 29.8 Å². The fourth-order valence-corrected chi connectivity index (χ4v) is 3.03. The molecular formula is C20H20Cl2N6O3. The van der Waals surface area contributed by atoms with E-state index in [9.17, 15) is 14.4 Å². The van der Waals surface area contributed by atoms with E-state index in [-0.39, 0.29) is 23.9 Å². The van der Waals surface area contributed by atoms with Crippen molar-refractivity contribution in [2.24, 2.45) is 5.73 Å². The van der Waals surface area contributed by atoms with Gasteiger partial charge in [0.05, 0.1) is 11.6 Å². The number of pyridine rings is 1. The highest BCUT2D eigenvalue weighted by Gasteiger charge is 2.28. The highest BCUT2D eigenvalue weighted by atomic mass is 35.5. The van der Waals surface area contributed by atoms with Gasteiger partial charge in [-0.1, -0.05) is 23.2 Å². The molecule has 0 bridgehead atoms. The number of nitrogens with two attached hydrogens (primary N) is 1. The van der Waals surface area contributed by atoms with Crippen molar-refractivity contribution in [3.8, 4) is 17.2 Å². The van der Waals surface area contributed by atoms with Gasteiger partial charge < -0.3 is 20.7 Å². The molecule has 0 aliphatic carbocycles. The van der Waals surface area contributed by atoms with Crippen LogP contribution in [0.3, 0.4) is 0 Å². The van der Waals surface area contributed by atoms with Crippen molar-refractivity contribution >= 4 is 47.6 Å². The molecular weight excluding hydrogens is 443 g/mol. The Morgan fingerprint density at radius 1 is 1.19 bits per heavy atom. The lowest BCUT2D eigenvalue weighted by atomic mass is 10.2. The van der Waals surface area contributed by atoms with Crippen molar-refractivity contribution < 1.29 is 14.4 Å². The van der Waals surface area contributed by atoms with E-state index in [4.69, 9.17) is 23.2 Å². The van der Waals surface area contributed by atoms with Gasteiger partial charge in [0.1, 0.15) is 12.0 Å². The van der Waals surface area contributed by atoms with Crippen LogP contribution >= 0.6 is 23.2 Å². The number of halogens is 2. The Bertz CT molecular complexity index is 1070. The summed E-state index contributed by atoms with van der Waals surface area (Å²) in [4.78, 5) is 45.0. The Labute approximate surface area is 188 Å². The van der Waals surface area contributed by atoms with E-state index in [1.54, 1.807) is 36.4 Å². The molecule has 0 unspecified atom stereocenters. The average molecular weight is 463 g/mol. The second-order valence-corrected chi connectivity index (χ2v) is 6.74. The maximum atomic E-state index is 13.1. The van der Waals surface area contributed by atoms with Gasteiger partial charge >= 0.3 is 0 Å². The minimum absolute atomic E-state index is 0.00872. The van der Waals surface area contributed by atoms with Gasteiger partial charge in [-0.2, -0.15) is 0 Å². The standard InChI is InChI=1S/C19H15Cl2N5O3.CH5N/c1-25(9-10-27)19(29)16-17(23-11-28)24-18(15-14(21)3-2-8-22-15)26(16)13-6-4-12(20)5-7-13;1-2/h2-8,10-11H,9H2,1H3,(H,23,28);2H2,1H3. The highest BCUT2D eigenvalue weighted by molar-refractivity contribution is 6.33. The summed E-state index contributed by atoms with van der Waals surface area (Å²) < 4.78 is 1.51. The second-order valence-electron chi connectivity index (χ2n) is 5.89. The highest BCUT2D eigenvalue weighted by Crippen LogP contribution is 2.32. The number of nitrogens with zero attached hydrogens (tertiary/aromatic N) is 4. The number of amides is 2. The summed E-state index contributed by atoms with van der Waals surface area (Å²) in [5.74, 6) is -0.276. The molecule has 3 N–H and O–H groups in total. The molecule has 0 radical (unpaired) electrons. The predicted molar refractivity (Wildman–Crippen MR) is 120 cm³/mol. The average Bonchev–Trinajstić information content (AvgIpc) is 3.14. The molecule has 0 atom stereocenters. The zero-order valence-electron chi connectivity index (χ0n) is 16.8. The van der Waals surface area contributed by atoms with Gasteiger partial charge in [-0.25, -0.2) is 4.98 Å². The first kappa shape index (κ1) is 24.0. The van der Waals surface area contributed by atoms with Gasteiger partial charge in [0, 0.05) is 24.0 Å². The van der Waals surface area contributed by atoms with Crippen molar-refractivity contribution in [3.05, 3.63) is 58.3 Å². The van der Waals surface area contributed by atoms with E-state index >= 15 is 0 Å². The number of benzene rings is 1. The van der Waals surface area contributed by atoms with Crippen LogP contribution < -0.4 is 11.1 Å². The van der Waals surface area contributed by atoms with Gasteiger partial charge in [0.15, 0.2) is 17.3 Å². The molecule has 0 fully saturated rings. The monoisotopic (exact) mass is 462 g/mol. The predicted octanol–water partition coefficient (Wildman–Crippen LogP) is 2.66. The molecule has 2 amide bonds. The third-order valence-corrected chi connectivity index (χ3v) is 4.58. The van der Waals surface area contributed by atoms with Crippen molar-refractivity contribution in [2.75, 3.05) is 26.0 Å². The molecule has 0 aliphatic heterocycles. The Hall–Kier alpha value is -3.27. The van der Waals surface area contributed by atoms with Gasteiger partial charge in [-0.3, -0.25) is 19.1 Å². The topological polar surface area (TPSA) is 123 Å². The molecule has 0 aliphatic rings. The van der Waals surface area contributed by atoms with Crippen LogP contribution in [0.2, 0.25) is 10.0 Å². The van der Waals surface area contributed by atoms with Crippen LogP contribution in [0.4, 0.5) is 5.82 Å². The molecule has 3 aromatic rings. The lowest BCUT2D eigenvalue weighted by Crippen LogP contribution is -2.30. The lowest BCUT2D eigenvalue weighted by molar-refractivity contribution is -0.108. The van der Waals surface area contributed by atoms with Gasteiger partial charge in [-0.05, 0) is 43.4 Å². The van der Waals surface area contributed by atoms with Gasteiger partial charge in [0.25, 0.3) is 5.91 Å². The molecule has 2 aromatic heterocycles. The third kappa shape index (κ3) is 5.26. The van der Waals surface area contributed by atoms with Crippen LogP contribution in [-0.4, -0.2) is 58.7 Å². The number of nitrogens with one attached hydrogen (secondary N) is 1. The smallest absolute Gasteiger partial charge is 0.274 e. The number of hydrogen-bond donors (Lipinski definition) is 2. The van der Waals surface area contributed by atoms with Crippen molar-refractivity contribution in [2.45, 2.75) is 0 Å². The van der Waals surface area contributed by atoms with Crippen molar-refractivity contribution in [1.29, 1.82) is 0 Å². The summed E-state index contributed by atoms with van der Waals surface area (Å²) in [6.45, 7) is -0.134. The summed E-state index contributed by atoms with van der Waals surface area (Å²) in [5, 5.41) is 3.25. The van der Waals surface area contributed by atoms with Crippen LogP contribution in [0, 0.1) is 0 Å². The number of likely N-dealkylation sites (N-methyl/N-ethyl adjacent to an activating group) is 1. The summed E-state index contributed by atoms with van der Waals surface area (Å²) in [7, 11) is 2.97. The van der Waals surface area contributed by atoms with E-state index in [0.717, 1.165) is 0 Å². The first-order chi connectivity index (χ1) is 15.0. The molecule has 11 heteroatoms. The van der Waals surface area contributed by atoms with Gasteiger partial charge in [-0.15, -0.1) is 0 Å². The number of carbonyl (C=O) groups is 3. The molecule has 1 aromatic carbocycles. The fourth-order valence-electron chi connectivity index (χ4n) is 2.70. The van der Waals surface area contributed by atoms with E-state index in [2.05, 4.69) is 21.0 Å². The summed E-state index contributed by atoms with van der Waals surface area (Å²) in [6, 6.07) is 9.97. The number of carbonyl (C=O) groups excluding carboxylic acids is 3. The Morgan fingerprint density at radius 3 is 2.45 bits per heavy atom. The molecule has 3 rings (SSSR count). The summed E-state index contributed by atoms with van der Waals surface area (Å²) in [5.41, 5.74) is 5.40. The number of anilines is 1. The Kier molecular flexibility index (Phi) is 8.68. The summed E-state index contributed by atoms with van der Waals surface area (Å²) >= 11 is 12.3. The van der Waals surface area contributed by atoms with Crippen molar-refractivity contribution in [1.82, 2.24) is 19.4 Å². The molecule has 0 saturated carbocycles. The fraction of sp³-hybridized carbons (Fsp3) is 0.150.